The van der Waals surface area contributed by atoms with E-state index in [1.807, 2.05) is 0 Å². The lowest BCUT2D eigenvalue weighted by molar-refractivity contribution is 0.172. The van der Waals surface area contributed by atoms with E-state index in [-0.39, 0.29) is 0 Å². The Balaban J connectivity index is 1.99. The molecule has 20 heavy (non-hydrogen) atoms. The lowest BCUT2D eigenvalue weighted by Gasteiger charge is -2.38. The van der Waals surface area contributed by atoms with Gasteiger partial charge in [-0.3, -0.25) is 0 Å². The Labute approximate surface area is 125 Å². The summed E-state index contributed by atoms with van der Waals surface area (Å²) < 4.78 is 6.61. The third kappa shape index (κ3) is 3.05. The molecule has 0 aromatic carbocycles. The van der Waals surface area contributed by atoms with Crippen molar-refractivity contribution in [3.05, 3.63) is 12.2 Å². The standard InChI is InChI=1S/C17H32O2Si/c1-12-9-13-10-14(11-16(13)15(12)7-8-18)19-20(5,6)17(2,3)4/h13-16,18H,1,7-11H2,2-6H3/t13-,14+,15?,16+/m1/s1. The first kappa shape index (κ1) is 16.3. The van der Waals surface area contributed by atoms with Crippen LogP contribution in [0, 0.1) is 17.8 Å². The van der Waals surface area contributed by atoms with Crippen LogP contribution < -0.4 is 0 Å². The summed E-state index contributed by atoms with van der Waals surface area (Å²) in [6.07, 6.45) is 4.89. The minimum absolute atomic E-state index is 0.290. The van der Waals surface area contributed by atoms with Crippen LogP contribution in [0.4, 0.5) is 0 Å². The Bertz CT molecular complexity index is 370. The highest BCUT2D eigenvalue weighted by Gasteiger charge is 2.48. The van der Waals surface area contributed by atoms with E-state index >= 15 is 0 Å². The molecule has 0 radical (unpaired) electrons. The number of allylic oxidation sites excluding steroid dienone is 1. The van der Waals surface area contributed by atoms with Crippen LogP contribution in [0.25, 0.3) is 0 Å². The van der Waals surface area contributed by atoms with Gasteiger partial charge in [-0.05, 0) is 61.6 Å². The van der Waals surface area contributed by atoms with Crippen molar-refractivity contribution in [2.75, 3.05) is 6.61 Å². The second-order valence-electron chi connectivity index (χ2n) is 8.38. The number of hydrogen-bond acceptors (Lipinski definition) is 2. The van der Waals surface area contributed by atoms with Gasteiger partial charge >= 0.3 is 0 Å². The SMILES string of the molecule is C=C1C[C@@H]2C[C@H](O[Si](C)(C)C(C)(C)C)C[C@@H]2C1CCO. The molecule has 3 heteroatoms. The third-order valence-electron chi connectivity index (χ3n) is 5.98. The van der Waals surface area contributed by atoms with Crippen molar-refractivity contribution >= 4 is 8.32 Å². The predicted octanol–water partition coefficient (Wildman–Crippen LogP) is 4.36. The molecule has 0 amide bonds. The number of aliphatic hydroxyl groups is 1. The molecule has 2 nitrogen and oxygen atoms in total. The van der Waals surface area contributed by atoms with E-state index in [2.05, 4.69) is 40.4 Å². The highest BCUT2D eigenvalue weighted by atomic mass is 28.4. The quantitative estimate of drug-likeness (QED) is 0.617. The molecular formula is C17H32O2Si. The number of fused-ring (bicyclic) bond motifs is 1. The maximum absolute atomic E-state index is 9.26. The van der Waals surface area contributed by atoms with Gasteiger partial charge in [-0.25, -0.2) is 0 Å². The predicted molar refractivity (Wildman–Crippen MR) is 87.2 cm³/mol. The van der Waals surface area contributed by atoms with Gasteiger partial charge in [0.25, 0.3) is 0 Å². The van der Waals surface area contributed by atoms with Crippen LogP contribution in [0.5, 0.6) is 0 Å². The van der Waals surface area contributed by atoms with E-state index in [1.54, 1.807) is 0 Å². The van der Waals surface area contributed by atoms with Crippen LogP contribution in [0.3, 0.4) is 0 Å². The molecule has 1 N–H and O–H groups in total. The fourth-order valence-corrected chi connectivity index (χ4v) is 5.25. The van der Waals surface area contributed by atoms with Crippen molar-refractivity contribution in [3.8, 4) is 0 Å². The first-order valence-corrected chi connectivity index (χ1v) is 11.0. The van der Waals surface area contributed by atoms with Crippen molar-refractivity contribution in [2.24, 2.45) is 17.8 Å². The van der Waals surface area contributed by atoms with Gasteiger partial charge in [-0.15, -0.1) is 0 Å². The third-order valence-corrected chi connectivity index (χ3v) is 10.5. The Morgan fingerprint density at radius 3 is 2.50 bits per heavy atom. The van der Waals surface area contributed by atoms with Crippen molar-refractivity contribution in [1.29, 1.82) is 0 Å². The van der Waals surface area contributed by atoms with Crippen molar-refractivity contribution in [1.82, 2.24) is 0 Å². The molecule has 0 aromatic heterocycles. The Morgan fingerprint density at radius 2 is 1.95 bits per heavy atom. The zero-order chi connectivity index (χ0) is 15.1. The summed E-state index contributed by atoms with van der Waals surface area (Å²) in [5.41, 5.74) is 1.37. The highest BCUT2D eigenvalue weighted by Crippen LogP contribution is 2.52. The molecule has 0 aromatic rings. The van der Waals surface area contributed by atoms with E-state index in [9.17, 15) is 5.11 Å². The van der Waals surface area contributed by atoms with Crippen LogP contribution >= 0.6 is 0 Å². The summed E-state index contributed by atoms with van der Waals surface area (Å²) in [5, 5.41) is 9.55. The smallest absolute Gasteiger partial charge is 0.192 e. The number of aliphatic hydroxyl groups excluding tert-OH is 1. The zero-order valence-electron chi connectivity index (χ0n) is 13.9. The van der Waals surface area contributed by atoms with Gasteiger partial charge in [0.2, 0.25) is 0 Å². The second-order valence-corrected chi connectivity index (χ2v) is 13.1. The molecule has 0 spiro atoms. The van der Waals surface area contributed by atoms with Crippen molar-refractivity contribution in [3.63, 3.8) is 0 Å². The summed E-state index contributed by atoms with van der Waals surface area (Å²) >= 11 is 0. The van der Waals surface area contributed by atoms with Gasteiger partial charge < -0.3 is 9.53 Å². The average Bonchev–Trinajstić information content (AvgIpc) is 2.76. The van der Waals surface area contributed by atoms with Gasteiger partial charge in [0, 0.05) is 12.7 Å². The first-order chi connectivity index (χ1) is 9.15. The zero-order valence-corrected chi connectivity index (χ0v) is 14.9. The molecule has 1 unspecified atom stereocenters. The molecule has 0 aliphatic heterocycles. The summed E-state index contributed by atoms with van der Waals surface area (Å²) in [5.74, 6) is 2.01. The average molecular weight is 297 g/mol. The fraction of sp³-hybridized carbons (Fsp3) is 0.882. The summed E-state index contributed by atoms with van der Waals surface area (Å²) in [6, 6.07) is 0. The normalized spacial score (nSPS) is 34.6. The van der Waals surface area contributed by atoms with Gasteiger partial charge in [-0.1, -0.05) is 32.9 Å². The molecule has 2 rings (SSSR count). The lowest BCUT2D eigenvalue weighted by Crippen LogP contribution is -2.43. The van der Waals surface area contributed by atoms with Gasteiger partial charge in [0.15, 0.2) is 8.32 Å². The van der Waals surface area contributed by atoms with Gasteiger partial charge in [0.05, 0.1) is 0 Å². The van der Waals surface area contributed by atoms with E-state index in [1.165, 1.54) is 18.4 Å². The van der Waals surface area contributed by atoms with Crippen LogP contribution in [-0.4, -0.2) is 26.1 Å². The molecule has 0 heterocycles. The van der Waals surface area contributed by atoms with Gasteiger partial charge in [-0.2, -0.15) is 0 Å². The number of hydrogen-bond donors (Lipinski definition) is 1. The summed E-state index contributed by atoms with van der Waals surface area (Å²) in [4.78, 5) is 0. The molecular weight excluding hydrogens is 264 g/mol. The summed E-state index contributed by atoms with van der Waals surface area (Å²) in [6.45, 7) is 16.2. The largest absolute Gasteiger partial charge is 0.414 e. The van der Waals surface area contributed by atoms with Gasteiger partial charge in [0.1, 0.15) is 0 Å². The monoisotopic (exact) mass is 296 g/mol. The Morgan fingerprint density at radius 1 is 1.30 bits per heavy atom. The Hall–Kier alpha value is -0.123. The minimum Gasteiger partial charge on any atom is -0.414 e. The molecule has 0 bridgehead atoms. The van der Waals surface area contributed by atoms with Crippen molar-refractivity contribution < 1.29 is 9.53 Å². The molecule has 2 aliphatic carbocycles. The molecule has 116 valence electrons. The molecule has 4 atom stereocenters. The maximum atomic E-state index is 9.26. The van der Waals surface area contributed by atoms with Crippen LogP contribution in [-0.2, 0) is 4.43 Å². The van der Waals surface area contributed by atoms with Crippen LogP contribution in [0.2, 0.25) is 18.1 Å². The Kier molecular flexibility index (Phi) is 4.54. The minimum atomic E-state index is -1.65. The van der Waals surface area contributed by atoms with E-state index < -0.39 is 8.32 Å². The van der Waals surface area contributed by atoms with Crippen molar-refractivity contribution in [2.45, 2.75) is 70.7 Å². The number of rotatable bonds is 4. The van der Waals surface area contributed by atoms with E-state index in [0.29, 0.717) is 29.6 Å². The molecule has 2 saturated carbocycles. The lowest BCUT2D eigenvalue weighted by atomic mass is 9.88. The maximum Gasteiger partial charge on any atom is 0.192 e. The summed E-state index contributed by atoms with van der Waals surface area (Å²) in [7, 11) is -1.65. The molecule has 2 aliphatic rings. The fourth-order valence-electron chi connectivity index (χ4n) is 3.87. The highest BCUT2D eigenvalue weighted by molar-refractivity contribution is 6.74. The second kappa shape index (κ2) is 5.58. The van der Waals surface area contributed by atoms with E-state index in [4.69, 9.17) is 4.43 Å². The van der Waals surface area contributed by atoms with Crippen LogP contribution in [0.15, 0.2) is 12.2 Å². The van der Waals surface area contributed by atoms with Crippen LogP contribution in [0.1, 0.15) is 46.5 Å². The molecule has 2 fully saturated rings. The first-order valence-electron chi connectivity index (χ1n) is 8.12. The topological polar surface area (TPSA) is 29.5 Å². The van der Waals surface area contributed by atoms with E-state index in [0.717, 1.165) is 18.8 Å². The molecule has 0 saturated heterocycles.